The number of nitrogens with one attached hydrogen (secondary N) is 1. The number of ketones is 1. The predicted octanol–water partition coefficient (Wildman–Crippen LogP) is 2.08. The van der Waals surface area contributed by atoms with Gasteiger partial charge in [-0.05, 0) is 17.7 Å². The molecule has 0 aromatic heterocycles. The summed E-state index contributed by atoms with van der Waals surface area (Å²) < 4.78 is 45.1. The van der Waals surface area contributed by atoms with E-state index in [-0.39, 0.29) is 24.0 Å². The lowest BCUT2D eigenvalue weighted by Crippen LogP contribution is -2.42. The number of halogens is 3. The van der Waals surface area contributed by atoms with Crippen LogP contribution in [0.15, 0.2) is 24.3 Å². The SMILES string of the molecule is O=C(Cc1ccc(OC(F)(F)F)cc1)CC1COCCN1. The molecule has 4 nitrogen and oxygen atoms in total. The van der Waals surface area contributed by atoms with Crippen molar-refractivity contribution in [3.05, 3.63) is 29.8 Å². The highest BCUT2D eigenvalue weighted by molar-refractivity contribution is 5.81. The molecule has 1 aliphatic rings. The number of morpholine rings is 1. The number of Topliss-reactive ketones (excluding diaryl/α,β-unsaturated/α-hetero) is 1. The van der Waals surface area contributed by atoms with Crippen LogP contribution in [0.2, 0.25) is 0 Å². The molecular formula is C14H16F3NO3. The Morgan fingerprint density at radius 3 is 2.62 bits per heavy atom. The molecule has 1 aliphatic heterocycles. The van der Waals surface area contributed by atoms with Crippen molar-refractivity contribution in [1.82, 2.24) is 5.32 Å². The zero-order valence-corrected chi connectivity index (χ0v) is 11.3. The van der Waals surface area contributed by atoms with Gasteiger partial charge in [-0.1, -0.05) is 12.1 Å². The summed E-state index contributed by atoms with van der Waals surface area (Å²) in [6.07, 6.45) is -4.17. The minimum Gasteiger partial charge on any atom is -0.406 e. The first-order valence-electron chi connectivity index (χ1n) is 6.60. The summed E-state index contributed by atoms with van der Waals surface area (Å²) in [5.74, 6) is -0.275. The minimum absolute atomic E-state index is 0.0130. The maximum absolute atomic E-state index is 12.0. The molecule has 1 fully saturated rings. The third-order valence-corrected chi connectivity index (χ3v) is 3.03. The Balaban J connectivity index is 1.83. The predicted molar refractivity (Wildman–Crippen MR) is 69.1 cm³/mol. The van der Waals surface area contributed by atoms with Crippen molar-refractivity contribution in [2.45, 2.75) is 25.2 Å². The molecule has 1 N–H and O–H groups in total. The zero-order valence-electron chi connectivity index (χ0n) is 11.3. The van der Waals surface area contributed by atoms with Gasteiger partial charge in [0.05, 0.1) is 13.2 Å². The first-order chi connectivity index (χ1) is 9.92. The van der Waals surface area contributed by atoms with Crippen molar-refractivity contribution >= 4 is 5.78 Å². The van der Waals surface area contributed by atoms with Crippen molar-refractivity contribution in [3.63, 3.8) is 0 Å². The Morgan fingerprint density at radius 2 is 2.05 bits per heavy atom. The molecule has 1 aromatic carbocycles. The first kappa shape index (κ1) is 15.8. The van der Waals surface area contributed by atoms with Crippen LogP contribution in [0.4, 0.5) is 13.2 Å². The smallest absolute Gasteiger partial charge is 0.406 e. The second kappa shape index (κ2) is 6.91. The highest BCUT2D eigenvalue weighted by Crippen LogP contribution is 2.23. The zero-order chi connectivity index (χ0) is 15.3. The Hall–Kier alpha value is -1.60. The lowest BCUT2D eigenvalue weighted by Gasteiger charge is -2.23. The van der Waals surface area contributed by atoms with Crippen molar-refractivity contribution in [2.24, 2.45) is 0 Å². The fourth-order valence-electron chi connectivity index (χ4n) is 2.13. The van der Waals surface area contributed by atoms with Crippen LogP contribution in [0, 0.1) is 0 Å². The minimum atomic E-state index is -4.70. The number of rotatable bonds is 5. The molecule has 1 saturated heterocycles. The van der Waals surface area contributed by atoms with Crippen LogP contribution in [0.5, 0.6) is 5.75 Å². The summed E-state index contributed by atoms with van der Waals surface area (Å²) in [5.41, 5.74) is 0.659. The van der Waals surface area contributed by atoms with Gasteiger partial charge in [0.1, 0.15) is 11.5 Å². The average molecular weight is 303 g/mol. The summed E-state index contributed by atoms with van der Waals surface area (Å²) >= 11 is 0. The van der Waals surface area contributed by atoms with Gasteiger partial charge in [-0.2, -0.15) is 0 Å². The van der Waals surface area contributed by atoms with Crippen LogP contribution >= 0.6 is 0 Å². The molecule has 1 aromatic rings. The van der Waals surface area contributed by atoms with E-state index in [1.165, 1.54) is 24.3 Å². The maximum Gasteiger partial charge on any atom is 0.573 e. The Labute approximate surface area is 120 Å². The molecule has 1 unspecified atom stereocenters. The molecule has 0 bridgehead atoms. The van der Waals surface area contributed by atoms with Gasteiger partial charge in [0.2, 0.25) is 0 Å². The van der Waals surface area contributed by atoms with Gasteiger partial charge >= 0.3 is 6.36 Å². The van der Waals surface area contributed by atoms with Crippen molar-refractivity contribution < 1.29 is 27.4 Å². The highest BCUT2D eigenvalue weighted by atomic mass is 19.4. The number of alkyl halides is 3. The van der Waals surface area contributed by atoms with E-state index in [1.54, 1.807) is 0 Å². The van der Waals surface area contributed by atoms with Crippen LogP contribution in [-0.4, -0.2) is 37.9 Å². The summed E-state index contributed by atoms with van der Waals surface area (Å²) in [6.45, 7) is 1.87. The fraction of sp³-hybridized carbons (Fsp3) is 0.500. The number of hydrogen-bond acceptors (Lipinski definition) is 4. The van der Waals surface area contributed by atoms with E-state index in [9.17, 15) is 18.0 Å². The van der Waals surface area contributed by atoms with E-state index in [1.807, 2.05) is 0 Å². The van der Waals surface area contributed by atoms with Crippen LogP contribution in [0.25, 0.3) is 0 Å². The van der Waals surface area contributed by atoms with Crippen molar-refractivity contribution in [2.75, 3.05) is 19.8 Å². The van der Waals surface area contributed by atoms with E-state index >= 15 is 0 Å². The number of carbonyl (C=O) groups is 1. The maximum atomic E-state index is 12.0. The quantitative estimate of drug-likeness (QED) is 0.904. The molecule has 7 heteroatoms. The number of benzene rings is 1. The molecule has 0 radical (unpaired) electrons. The van der Waals surface area contributed by atoms with Gasteiger partial charge in [-0.25, -0.2) is 0 Å². The first-order valence-corrected chi connectivity index (χ1v) is 6.60. The van der Waals surface area contributed by atoms with Crippen molar-refractivity contribution in [1.29, 1.82) is 0 Å². The third kappa shape index (κ3) is 5.73. The van der Waals surface area contributed by atoms with E-state index in [2.05, 4.69) is 10.1 Å². The van der Waals surface area contributed by atoms with Gasteiger partial charge in [0.15, 0.2) is 0 Å². The van der Waals surface area contributed by atoms with Crippen molar-refractivity contribution in [3.8, 4) is 5.75 Å². The van der Waals surface area contributed by atoms with E-state index in [4.69, 9.17) is 4.74 Å². The van der Waals surface area contributed by atoms with Gasteiger partial charge in [-0.15, -0.1) is 13.2 Å². The Kier molecular flexibility index (Phi) is 5.19. The molecule has 0 aliphatic carbocycles. The van der Waals surface area contributed by atoms with E-state index in [0.717, 1.165) is 6.54 Å². The molecule has 0 spiro atoms. The lowest BCUT2D eigenvalue weighted by atomic mass is 10.0. The molecule has 116 valence electrons. The number of hydrogen-bond donors (Lipinski definition) is 1. The van der Waals surface area contributed by atoms with Gasteiger partial charge in [0.25, 0.3) is 0 Å². The Morgan fingerprint density at radius 1 is 1.33 bits per heavy atom. The average Bonchev–Trinajstić information content (AvgIpc) is 2.40. The summed E-state index contributed by atoms with van der Waals surface area (Å²) in [6, 6.07) is 5.35. The molecule has 21 heavy (non-hydrogen) atoms. The van der Waals surface area contributed by atoms with Crippen LogP contribution in [0.3, 0.4) is 0 Å². The second-order valence-electron chi connectivity index (χ2n) is 4.84. The van der Waals surface area contributed by atoms with E-state index in [0.29, 0.717) is 25.2 Å². The molecule has 0 saturated carbocycles. The lowest BCUT2D eigenvalue weighted by molar-refractivity contribution is -0.274. The second-order valence-corrected chi connectivity index (χ2v) is 4.84. The monoisotopic (exact) mass is 303 g/mol. The fourth-order valence-corrected chi connectivity index (χ4v) is 2.13. The molecule has 1 heterocycles. The highest BCUT2D eigenvalue weighted by Gasteiger charge is 2.31. The summed E-state index contributed by atoms with van der Waals surface area (Å²) in [7, 11) is 0. The Bertz CT molecular complexity index is 467. The largest absolute Gasteiger partial charge is 0.573 e. The van der Waals surface area contributed by atoms with Crippen LogP contribution < -0.4 is 10.1 Å². The van der Waals surface area contributed by atoms with Gasteiger partial charge in [0, 0.05) is 25.4 Å². The van der Waals surface area contributed by atoms with Crippen LogP contribution in [0.1, 0.15) is 12.0 Å². The molecule has 0 amide bonds. The third-order valence-electron chi connectivity index (χ3n) is 3.03. The number of carbonyl (C=O) groups excluding carboxylic acids is 1. The molecule has 1 atom stereocenters. The standard InChI is InChI=1S/C14H16F3NO3/c15-14(16,17)21-13-3-1-10(2-4-13)7-12(19)8-11-9-20-6-5-18-11/h1-4,11,18H,5-9H2. The normalized spacial score (nSPS) is 19.3. The number of ether oxygens (including phenoxy) is 2. The summed E-state index contributed by atoms with van der Waals surface area (Å²) in [4.78, 5) is 11.9. The summed E-state index contributed by atoms with van der Waals surface area (Å²) in [5, 5.41) is 3.18. The van der Waals surface area contributed by atoms with Crippen LogP contribution in [-0.2, 0) is 16.0 Å². The molecular weight excluding hydrogens is 287 g/mol. The van der Waals surface area contributed by atoms with E-state index < -0.39 is 6.36 Å². The topological polar surface area (TPSA) is 47.6 Å². The van der Waals surface area contributed by atoms with Gasteiger partial charge in [-0.3, -0.25) is 4.79 Å². The van der Waals surface area contributed by atoms with Gasteiger partial charge < -0.3 is 14.8 Å². The molecule has 2 rings (SSSR count).